The van der Waals surface area contributed by atoms with Crippen molar-refractivity contribution < 1.29 is 18.7 Å². The number of fused-ring (bicyclic) bond motifs is 1. The topological polar surface area (TPSA) is 61.4 Å². The molecule has 0 aromatic carbocycles. The van der Waals surface area contributed by atoms with E-state index in [0.717, 1.165) is 5.69 Å². The van der Waals surface area contributed by atoms with Crippen LogP contribution in [-0.2, 0) is 16.1 Å². The third-order valence-electron chi connectivity index (χ3n) is 3.63. The van der Waals surface area contributed by atoms with Gasteiger partial charge in [0, 0.05) is 12.2 Å². The molecule has 0 saturated carbocycles. The second-order valence-corrected chi connectivity index (χ2v) is 5.43. The summed E-state index contributed by atoms with van der Waals surface area (Å²) in [5.74, 6) is -0.363. The van der Waals surface area contributed by atoms with Gasteiger partial charge in [0.25, 0.3) is 0 Å². The molecule has 3 rings (SSSR count). The minimum atomic E-state index is -0.287. The number of ketones is 1. The number of ether oxygens (including phenoxy) is 1. The fourth-order valence-electron chi connectivity index (χ4n) is 2.73. The molecule has 2 aromatic rings. The molecule has 0 aliphatic carbocycles. The molecule has 0 bridgehead atoms. The first-order valence-electron chi connectivity index (χ1n) is 7.06. The second kappa shape index (κ2) is 5.24. The highest BCUT2D eigenvalue weighted by Crippen LogP contribution is 2.32. The number of furan rings is 1. The number of esters is 1. The Balaban J connectivity index is 1.87. The summed E-state index contributed by atoms with van der Waals surface area (Å²) < 4.78 is 12.3. The Kier molecular flexibility index (Phi) is 3.41. The van der Waals surface area contributed by atoms with Gasteiger partial charge in [0.2, 0.25) is 5.78 Å². The van der Waals surface area contributed by atoms with Gasteiger partial charge in [-0.25, -0.2) is 0 Å². The summed E-state index contributed by atoms with van der Waals surface area (Å²) in [6.45, 7) is 4.30. The molecule has 21 heavy (non-hydrogen) atoms. The summed E-state index contributed by atoms with van der Waals surface area (Å²) in [5.41, 5.74) is 1.40. The SMILES string of the molecule is CC(C)OC(=O)C1CCn2c(C(=O)c3ccco3)ccc21. The van der Waals surface area contributed by atoms with E-state index in [4.69, 9.17) is 9.15 Å². The van der Waals surface area contributed by atoms with Crippen LogP contribution >= 0.6 is 0 Å². The van der Waals surface area contributed by atoms with E-state index in [-0.39, 0.29) is 23.8 Å². The highest BCUT2D eigenvalue weighted by molar-refractivity contribution is 6.06. The molecular formula is C16H17NO4. The summed E-state index contributed by atoms with van der Waals surface area (Å²) in [4.78, 5) is 24.4. The van der Waals surface area contributed by atoms with E-state index in [1.807, 2.05) is 24.5 Å². The molecule has 1 unspecified atom stereocenters. The van der Waals surface area contributed by atoms with Crippen molar-refractivity contribution in [1.82, 2.24) is 4.57 Å². The second-order valence-electron chi connectivity index (χ2n) is 5.43. The molecule has 3 heterocycles. The Bertz CT molecular complexity index is 667. The Morgan fingerprint density at radius 3 is 2.81 bits per heavy atom. The predicted molar refractivity (Wildman–Crippen MR) is 75.2 cm³/mol. The quantitative estimate of drug-likeness (QED) is 0.641. The molecule has 1 aliphatic heterocycles. The molecule has 0 fully saturated rings. The molecule has 5 heteroatoms. The molecule has 110 valence electrons. The van der Waals surface area contributed by atoms with Gasteiger partial charge in [-0.3, -0.25) is 9.59 Å². The number of hydrogen-bond donors (Lipinski definition) is 0. The third kappa shape index (κ3) is 2.39. The van der Waals surface area contributed by atoms with Crippen LogP contribution in [0.5, 0.6) is 0 Å². The van der Waals surface area contributed by atoms with Crippen molar-refractivity contribution in [3.63, 3.8) is 0 Å². The maximum atomic E-state index is 12.4. The van der Waals surface area contributed by atoms with Gasteiger partial charge in [-0.1, -0.05) is 0 Å². The average Bonchev–Trinajstić information content (AvgIpc) is 3.14. The lowest BCUT2D eigenvalue weighted by atomic mass is 10.1. The Morgan fingerprint density at radius 2 is 2.14 bits per heavy atom. The van der Waals surface area contributed by atoms with Crippen LogP contribution in [-0.4, -0.2) is 22.4 Å². The molecule has 1 atom stereocenters. The van der Waals surface area contributed by atoms with E-state index in [9.17, 15) is 9.59 Å². The number of carbonyl (C=O) groups is 2. The van der Waals surface area contributed by atoms with Gasteiger partial charge in [-0.2, -0.15) is 0 Å². The molecule has 0 spiro atoms. The summed E-state index contributed by atoms with van der Waals surface area (Å²) in [5, 5.41) is 0. The van der Waals surface area contributed by atoms with Crippen molar-refractivity contribution in [2.45, 2.75) is 38.8 Å². The molecule has 0 radical (unpaired) electrons. The number of nitrogens with zero attached hydrogens (tertiary/aromatic N) is 1. The van der Waals surface area contributed by atoms with Gasteiger partial charge in [0.05, 0.1) is 24.0 Å². The van der Waals surface area contributed by atoms with Gasteiger partial charge in [-0.15, -0.1) is 0 Å². The molecule has 0 N–H and O–H groups in total. The Labute approximate surface area is 122 Å². The zero-order valence-corrected chi connectivity index (χ0v) is 12.0. The molecule has 0 amide bonds. The third-order valence-corrected chi connectivity index (χ3v) is 3.63. The highest BCUT2D eigenvalue weighted by Gasteiger charge is 2.33. The Hall–Kier alpha value is -2.30. The number of carbonyl (C=O) groups excluding carboxylic acids is 2. The highest BCUT2D eigenvalue weighted by atomic mass is 16.5. The van der Waals surface area contributed by atoms with Crippen LogP contribution < -0.4 is 0 Å². The minimum Gasteiger partial charge on any atom is -0.462 e. The summed E-state index contributed by atoms with van der Waals surface area (Å²) in [7, 11) is 0. The van der Waals surface area contributed by atoms with Gasteiger partial charge in [0.15, 0.2) is 5.76 Å². The maximum Gasteiger partial charge on any atom is 0.315 e. The first-order chi connectivity index (χ1) is 10.1. The Morgan fingerprint density at radius 1 is 1.33 bits per heavy atom. The number of aromatic nitrogens is 1. The van der Waals surface area contributed by atoms with Gasteiger partial charge in [0.1, 0.15) is 0 Å². The van der Waals surface area contributed by atoms with Crippen molar-refractivity contribution in [1.29, 1.82) is 0 Å². The number of hydrogen-bond acceptors (Lipinski definition) is 4. The smallest absolute Gasteiger partial charge is 0.315 e. The summed E-state index contributed by atoms with van der Waals surface area (Å²) >= 11 is 0. The average molecular weight is 287 g/mol. The normalized spacial score (nSPS) is 17.0. The standard InChI is InChI=1S/C16H17NO4/c1-10(2)21-16(19)11-7-8-17-12(11)5-6-13(17)15(18)14-4-3-9-20-14/h3-6,9-11H,7-8H2,1-2H3. The lowest BCUT2D eigenvalue weighted by molar-refractivity contribution is -0.149. The molecular weight excluding hydrogens is 270 g/mol. The van der Waals surface area contributed by atoms with Crippen LogP contribution in [0.15, 0.2) is 34.9 Å². The monoisotopic (exact) mass is 287 g/mol. The first kappa shape index (κ1) is 13.7. The number of rotatable bonds is 4. The molecule has 5 nitrogen and oxygen atoms in total. The van der Waals surface area contributed by atoms with E-state index in [2.05, 4.69) is 0 Å². The van der Waals surface area contributed by atoms with Crippen LogP contribution in [0.2, 0.25) is 0 Å². The van der Waals surface area contributed by atoms with Crippen molar-refractivity contribution in [2.75, 3.05) is 0 Å². The van der Waals surface area contributed by atoms with Crippen LogP contribution in [0.1, 0.15) is 48.1 Å². The zero-order valence-electron chi connectivity index (χ0n) is 12.0. The van der Waals surface area contributed by atoms with E-state index < -0.39 is 0 Å². The summed E-state index contributed by atoms with van der Waals surface area (Å²) in [6.07, 6.45) is 2.01. The van der Waals surface area contributed by atoms with Crippen LogP contribution in [0, 0.1) is 0 Å². The fourth-order valence-corrected chi connectivity index (χ4v) is 2.73. The van der Waals surface area contributed by atoms with E-state index >= 15 is 0 Å². The van der Waals surface area contributed by atoms with Crippen LogP contribution in [0.3, 0.4) is 0 Å². The summed E-state index contributed by atoms with van der Waals surface area (Å²) in [6, 6.07) is 6.90. The minimum absolute atomic E-state index is 0.134. The largest absolute Gasteiger partial charge is 0.462 e. The van der Waals surface area contributed by atoms with Gasteiger partial charge < -0.3 is 13.7 Å². The van der Waals surface area contributed by atoms with Gasteiger partial charge >= 0.3 is 5.97 Å². The lowest BCUT2D eigenvalue weighted by Crippen LogP contribution is -2.18. The zero-order chi connectivity index (χ0) is 15.0. The first-order valence-corrected chi connectivity index (χ1v) is 7.06. The van der Waals surface area contributed by atoms with Crippen LogP contribution in [0.25, 0.3) is 0 Å². The fraction of sp³-hybridized carbons (Fsp3) is 0.375. The van der Waals surface area contributed by atoms with E-state index in [1.54, 1.807) is 18.2 Å². The predicted octanol–water partition coefficient (Wildman–Crippen LogP) is 2.75. The van der Waals surface area contributed by atoms with Crippen molar-refractivity contribution in [3.05, 3.63) is 47.7 Å². The molecule has 1 aliphatic rings. The molecule has 0 saturated heterocycles. The van der Waals surface area contributed by atoms with E-state index in [0.29, 0.717) is 24.4 Å². The maximum absolute atomic E-state index is 12.4. The van der Waals surface area contributed by atoms with Crippen molar-refractivity contribution in [3.8, 4) is 0 Å². The van der Waals surface area contributed by atoms with E-state index in [1.165, 1.54) is 6.26 Å². The van der Waals surface area contributed by atoms with Crippen molar-refractivity contribution in [2.24, 2.45) is 0 Å². The van der Waals surface area contributed by atoms with Gasteiger partial charge in [-0.05, 0) is 44.5 Å². The van der Waals surface area contributed by atoms with Crippen molar-refractivity contribution >= 4 is 11.8 Å². The lowest BCUT2D eigenvalue weighted by Gasteiger charge is -2.12. The molecule has 2 aromatic heterocycles. The van der Waals surface area contributed by atoms with Crippen LogP contribution in [0.4, 0.5) is 0 Å².